The van der Waals surface area contributed by atoms with Crippen LogP contribution in [0.4, 0.5) is 13.2 Å². The zero-order chi connectivity index (χ0) is 12.5. The van der Waals surface area contributed by atoms with E-state index in [0.29, 0.717) is 10.7 Å². The van der Waals surface area contributed by atoms with Crippen LogP contribution < -0.4 is 0 Å². The third kappa shape index (κ3) is 2.17. The Morgan fingerprint density at radius 2 is 2.12 bits per heavy atom. The lowest BCUT2D eigenvalue weighted by Gasteiger charge is -2.09. The van der Waals surface area contributed by atoms with Crippen molar-refractivity contribution in [1.82, 2.24) is 14.8 Å². The van der Waals surface area contributed by atoms with Crippen molar-refractivity contribution in [2.24, 2.45) is 0 Å². The lowest BCUT2D eigenvalue weighted by Crippen LogP contribution is -2.13. The summed E-state index contributed by atoms with van der Waals surface area (Å²) in [4.78, 5) is 14.2. The van der Waals surface area contributed by atoms with E-state index in [1.165, 1.54) is 24.5 Å². The zero-order valence-electron chi connectivity index (χ0n) is 8.35. The van der Waals surface area contributed by atoms with Crippen LogP contribution in [0.3, 0.4) is 0 Å². The van der Waals surface area contributed by atoms with Gasteiger partial charge in [-0.1, -0.05) is 0 Å². The monoisotopic (exact) mass is 241 g/mol. The van der Waals surface area contributed by atoms with Crippen LogP contribution in [0.5, 0.6) is 0 Å². The van der Waals surface area contributed by atoms with Crippen LogP contribution in [0.15, 0.2) is 30.6 Å². The van der Waals surface area contributed by atoms with E-state index in [0.717, 1.165) is 0 Å². The number of carbonyl (C=O) groups is 1. The van der Waals surface area contributed by atoms with Crippen molar-refractivity contribution in [3.8, 4) is 5.69 Å². The predicted octanol–water partition coefficient (Wildman–Crippen LogP) is 2.10. The average molecular weight is 241 g/mol. The van der Waals surface area contributed by atoms with Gasteiger partial charge in [-0.15, -0.1) is 0 Å². The number of alkyl halides is 3. The lowest BCUT2D eigenvalue weighted by molar-refractivity contribution is -0.142. The van der Waals surface area contributed by atoms with E-state index in [4.69, 9.17) is 0 Å². The maximum atomic E-state index is 12.7. The Morgan fingerprint density at radius 3 is 2.65 bits per heavy atom. The number of halogens is 3. The van der Waals surface area contributed by atoms with E-state index < -0.39 is 11.9 Å². The molecule has 0 aromatic carbocycles. The van der Waals surface area contributed by atoms with Gasteiger partial charge in [0.05, 0.1) is 11.9 Å². The molecule has 0 fully saturated rings. The molecule has 2 aromatic heterocycles. The highest BCUT2D eigenvalue weighted by molar-refractivity contribution is 5.72. The van der Waals surface area contributed by atoms with Gasteiger partial charge in [0.25, 0.3) is 0 Å². The molecule has 0 atom stereocenters. The highest BCUT2D eigenvalue weighted by Gasteiger charge is 2.36. The van der Waals surface area contributed by atoms with E-state index >= 15 is 0 Å². The molecule has 0 amide bonds. The maximum absolute atomic E-state index is 12.7. The van der Waals surface area contributed by atoms with Crippen LogP contribution in [0.25, 0.3) is 5.69 Å². The first-order valence-electron chi connectivity index (χ1n) is 4.55. The summed E-state index contributed by atoms with van der Waals surface area (Å²) in [6.07, 6.45) is -1.65. The predicted molar refractivity (Wildman–Crippen MR) is 51.7 cm³/mol. The molecule has 0 radical (unpaired) electrons. The van der Waals surface area contributed by atoms with E-state index in [2.05, 4.69) is 10.1 Å². The summed E-state index contributed by atoms with van der Waals surface area (Å²) in [5.74, 6) is 0. The smallest absolute Gasteiger partial charge is 0.296 e. The quantitative estimate of drug-likeness (QED) is 0.756. The highest BCUT2D eigenvalue weighted by Crippen LogP contribution is 2.31. The SMILES string of the molecule is O=Cc1cc(C(F)(F)F)n(-c2cccnc2)n1. The van der Waals surface area contributed by atoms with Crippen LogP contribution >= 0.6 is 0 Å². The minimum Gasteiger partial charge on any atom is -0.296 e. The van der Waals surface area contributed by atoms with Crippen molar-refractivity contribution >= 4 is 6.29 Å². The molecule has 0 aliphatic heterocycles. The van der Waals surface area contributed by atoms with Gasteiger partial charge in [0.2, 0.25) is 0 Å². The first-order valence-corrected chi connectivity index (χ1v) is 4.55. The minimum atomic E-state index is -4.58. The number of carbonyl (C=O) groups excluding carboxylic acids is 1. The fourth-order valence-electron chi connectivity index (χ4n) is 1.33. The Hall–Kier alpha value is -2.18. The van der Waals surface area contributed by atoms with Gasteiger partial charge in [0.1, 0.15) is 11.4 Å². The van der Waals surface area contributed by atoms with E-state index in [1.807, 2.05) is 0 Å². The maximum Gasteiger partial charge on any atom is 0.433 e. The Morgan fingerprint density at radius 1 is 1.35 bits per heavy atom. The van der Waals surface area contributed by atoms with Crippen molar-refractivity contribution in [1.29, 1.82) is 0 Å². The van der Waals surface area contributed by atoms with Crippen LogP contribution in [0.2, 0.25) is 0 Å². The number of rotatable bonds is 2. The molecule has 0 unspecified atom stereocenters. The highest BCUT2D eigenvalue weighted by atomic mass is 19.4. The van der Waals surface area contributed by atoms with E-state index in [1.54, 1.807) is 0 Å². The van der Waals surface area contributed by atoms with Crippen LogP contribution in [0.1, 0.15) is 16.2 Å². The Bertz CT molecular complexity index is 533. The van der Waals surface area contributed by atoms with Gasteiger partial charge in [0, 0.05) is 6.20 Å². The van der Waals surface area contributed by atoms with Crippen molar-refractivity contribution in [2.75, 3.05) is 0 Å². The molecule has 2 rings (SSSR count). The normalized spacial score (nSPS) is 11.5. The largest absolute Gasteiger partial charge is 0.433 e. The van der Waals surface area contributed by atoms with Crippen LogP contribution in [0, 0.1) is 0 Å². The fraction of sp³-hybridized carbons (Fsp3) is 0.100. The third-order valence-corrected chi connectivity index (χ3v) is 2.03. The van der Waals surface area contributed by atoms with E-state index in [9.17, 15) is 18.0 Å². The summed E-state index contributed by atoms with van der Waals surface area (Å²) in [6.45, 7) is 0. The summed E-state index contributed by atoms with van der Waals surface area (Å²) in [7, 11) is 0. The molecule has 0 saturated carbocycles. The molecule has 0 aliphatic rings. The molecule has 0 bridgehead atoms. The van der Waals surface area contributed by atoms with Crippen LogP contribution in [-0.4, -0.2) is 21.1 Å². The van der Waals surface area contributed by atoms with Crippen molar-refractivity contribution in [3.63, 3.8) is 0 Å². The molecule has 4 nitrogen and oxygen atoms in total. The summed E-state index contributed by atoms with van der Waals surface area (Å²) in [6, 6.07) is 3.60. The number of hydrogen-bond acceptors (Lipinski definition) is 3. The summed E-state index contributed by atoms with van der Waals surface area (Å²) in [5, 5.41) is 3.55. The first kappa shape index (κ1) is 11.3. The number of pyridine rings is 1. The Kier molecular flexibility index (Phi) is 2.66. The molecular weight excluding hydrogens is 235 g/mol. The zero-order valence-corrected chi connectivity index (χ0v) is 8.35. The second-order valence-corrected chi connectivity index (χ2v) is 3.19. The van der Waals surface area contributed by atoms with Crippen LogP contribution in [-0.2, 0) is 6.18 Å². The first-order chi connectivity index (χ1) is 8.02. The fourth-order valence-corrected chi connectivity index (χ4v) is 1.33. The minimum absolute atomic E-state index is 0.146. The second kappa shape index (κ2) is 4.00. The molecule has 0 saturated heterocycles. The van der Waals surface area contributed by atoms with Gasteiger partial charge >= 0.3 is 6.18 Å². The van der Waals surface area contributed by atoms with E-state index in [-0.39, 0.29) is 17.7 Å². The summed E-state index contributed by atoms with van der Waals surface area (Å²) in [5.41, 5.74) is -1.14. The van der Waals surface area contributed by atoms with Gasteiger partial charge in [-0.2, -0.15) is 18.3 Å². The molecule has 7 heteroatoms. The topological polar surface area (TPSA) is 47.8 Å². The average Bonchev–Trinajstić information content (AvgIpc) is 2.74. The molecule has 2 aromatic rings. The van der Waals surface area contributed by atoms with Gasteiger partial charge in [-0.25, -0.2) is 4.68 Å². The lowest BCUT2D eigenvalue weighted by atomic mass is 10.3. The molecule has 17 heavy (non-hydrogen) atoms. The van der Waals surface area contributed by atoms with Crippen molar-refractivity contribution in [2.45, 2.75) is 6.18 Å². The molecule has 0 N–H and O–H groups in total. The summed E-state index contributed by atoms with van der Waals surface area (Å²) >= 11 is 0. The third-order valence-electron chi connectivity index (χ3n) is 2.03. The number of hydrogen-bond donors (Lipinski definition) is 0. The number of aldehydes is 1. The second-order valence-electron chi connectivity index (χ2n) is 3.19. The summed E-state index contributed by atoms with van der Waals surface area (Å²) < 4.78 is 38.7. The standard InChI is InChI=1S/C10H6F3N3O/c11-10(12,13)9-4-7(6-17)15-16(9)8-2-1-3-14-5-8/h1-6H. The number of nitrogens with zero attached hydrogens (tertiary/aromatic N) is 3. The molecular formula is C10H6F3N3O. The van der Waals surface area contributed by atoms with Gasteiger partial charge < -0.3 is 0 Å². The van der Waals surface area contributed by atoms with Gasteiger partial charge in [-0.05, 0) is 18.2 Å². The number of aromatic nitrogens is 3. The van der Waals surface area contributed by atoms with Crippen molar-refractivity contribution in [3.05, 3.63) is 42.0 Å². The van der Waals surface area contributed by atoms with Crippen molar-refractivity contribution < 1.29 is 18.0 Å². The van der Waals surface area contributed by atoms with Gasteiger partial charge in [0.15, 0.2) is 6.29 Å². The Balaban J connectivity index is 2.61. The molecule has 0 aliphatic carbocycles. The van der Waals surface area contributed by atoms with Gasteiger partial charge in [-0.3, -0.25) is 9.78 Å². The molecule has 2 heterocycles. The molecule has 0 spiro atoms. The molecule has 88 valence electrons. The Labute approximate surface area is 93.7 Å².